The van der Waals surface area contributed by atoms with Crippen molar-refractivity contribution in [2.24, 2.45) is 21.9 Å². The third-order valence-electron chi connectivity index (χ3n) is 3.12. The van der Waals surface area contributed by atoms with Gasteiger partial charge >= 0.3 is 0 Å². The van der Waals surface area contributed by atoms with Crippen molar-refractivity contribution >= 4 is 18.3 Å². The molecule has 5 nitrogen and oxygen atoms in total. The molecule has 1 amide bonds. The minimum absolute atomic E-state index is 0.117. The molecule has 0 aliphatic carbocycles. The van der Waals surface area contributed by atoms with Crippen molar-refractivity contribution < 1.29 is 4.79 Å². The summed E-state index contributed by atoms with van der Waals surface area (Å²) in [5, 5.41) is 3.34. The number of hydrogen-bond acceptors (Lipinski definition) is 4. The van der Waals surface area contributed by atoms with Gasteiger partial charge in [0.05, 0.1) is 6.21 Å². The lowest BCUT2D eigenvalue weighted by molar-refractivity contribution is -0.133. The number of hydrazone groups is 1. The number of rotatable bonds is 4. The van der Waals surface area contributed by atoms with Crippen molar-refractivity contribution in [3.8, 4) is 0 Å². The number of nitrogens with zero attached hydrogens (tertiary/aromatic N) is 3. The van der Waals surface area contributed by atoms with Crippen LogP contribution in [0.15, 0.2) is 10.1 Å². The lowest BCUT2D eigenvalue weighted by atomic mass is 10.0. The van der Waals surface area contributed by atoms with Gasteiger partial charge in [-0.2, -0.15) is 5.10 Å². The zero-order chi connectivity index (χ0) is 12.8. The molecule has 5 heteroatoms. The van der Waals surface area contributed by atoms with Crippen LogP contribution in [0.5, 0.6) is 0 Å². The monoisotopic (exact) mass is 238 g/mol. The second kappa shape index (κ2) is 6.37. The fraction of sp³-hybridized carbons (Fsp3) is 0.750. The van der Waals surface area contributed by atoms with Gasteiger partial charge in [-0.1, -0.05) is 13.8 Å². The molecule has 1 fully saturated rings. The number of carbonyl (C=O) groups is 1. The molecule has 0 aromatic heterocycles. The molecule has 1 aliphatic heterocycles. The van der Waals surface area contributed by atoms with Crippen molar-refractivity contribution in [2.75, 3.05) is 6.54 Å². The first kappa shape index (κ1) is 13.7. The van der Waals surface area contributed by atoms with Gasteiger partial charge in [0.15, 0.2) is 0 Å². The molecule has 1 rings (SSSR count). The van der Waals surface area contributed by atoms with E-state index in [1.807, 2.05) is 18.7 Å². The third kappa shape index (κ3) is 3.54. The molecule has 1 aliphatic rings. The highest BCUT2D eigenvalue weighted by molar-refractivity contribution is 6.16. The highest BCUT2D eigenvalue weighted by Gasteiger charge is 2.31. The molecule has 0 saturated carbocycles. The molecule has 0 aromatic carbocycles. The van der Waals surface area contributed by atoms with E-state index >= 15 is 0 Å². The van der Waals surface area contributed by atoms with Crippen LogP contribution in [0.4, 0.5) is 0 Å². The smallest absolute Gasteiger partial charge is 0.247 e. The maximum absolute atomic E-state index is 12.3. The molecule has 0 radical (unpaired) electrons. The van der Waals surface area contributed by atoms with Crippen molar-refractivity contribution in [2.45, 2.75) is 45.7 Å². The number of nitrogens with two attached hydrogens (primary N) is 1. The molecule has 0 aromatic rings. The molecule has 1 saturated heterocycles. The first-order valence-corrected chi connectivity index (χ1v) is 6.13. The van der Waals surface area contributed by atoms with E-state index in [1.165, 1.54) is 12.4 Å². The van der Waals surface area contributed by atoms with Crippen molar-refractivity contribution in [3.63, 3.8) is 0 Å². The Hall–Kier alpha value is -1.39. The Morgan fingerprint density at radius 2 is 2.18 bits per heavy atom. The Morgan fingerprint density at radius 1 is 1.47 bits per heavy atom. The van der Waals surface area contributed by atoms with Crippen LogP contribution in [0.2, 0.25) is 0 Å². The zero-order valence-electron chi connectivity index (χ0n) is 10.8. The summed E-state index contributed by atoms with van der Waals surface area (Å²) in [6.07, 6.45) is 5.08. The largest absolute Gasteiger partial charge is 0.338 e. The summed E-state index contributed by atoms with van der Waals surface area (Å²) >= 11 is 0. The molecule has 96 valence electrons. The molecule has 2 atom stereocenters. The van der Waals surface area contributed by atoms with Gasteiger partial charge in [0.1, 0.15) is 6.04 Å². The van der Waals surface area contributed by atoms with Crippen LogP contribution < -0.4 is 5.84 Å². The van der Waals surface area contributed by atoms with Crippen LogP contribution in [-0.2, 0) is 4.79 Å². The highest BCUT2D eigenvalue weighted by atomic mass is 16.2. The van der Waals surface area contributed by atoms with E-state index in [2.05, 4.69) is 17.0 Å². The average Bonchev–Trinajstić information content (AvgIpc) is 2.69. The molecule has 1 heterocycles. The molecule has 17 heavy (non-hydrogen) atoms. The Balaban J connectivity index is 2.73. The van der Waals surface area contributed by atoms with Crippen LogP contribution >= 0.6 is 0 Å². The first-order valence-electron chi connectivity index (χ1n) is 6.13. The predicted molar refractivity (Wildman–Crippen MR) is 70.2 cm³/mol. The van der Waals surface area contributed by atoms with Crippen LogP contribution in [-0.4, -0.2) is 41.9 Å². The van der Waals surface area contributed by atoms with Gasteiger partial charge in [-0.3, -0.25) is 9.79 Å². The second-order valence-corrected chi connectivity index (χ2v) is 4.81. The summed E-state index contributed by atoms with van der Waals surface area (Å²) in [4.78, 5) is 18.5. The van der Waals surface area contributed by atoms with Gasteiger partial charge < -0.3 is 10.7 Å². The Kier molecular flexibility index (Phi) is 5.12. The summed E-state index contributed by atoms with van der Waals surface area (Å²) in [6.45, 7) is 6.94. The Bertz CT molecular complexity index is 312. The molecule has 2 unspecified atom stereocenters. The van der Waals surface area contributed by atoms with E-state index in [4.69, 9.17) is 5.84 Å². The minimum Gasteiger partial charge on any atom is -0.338 e. The quantitative estimate of drug-likeness (QED) is 0.451. The number of carbonyl (C=O) groups excluding carboxylic acids is 1. The van der Waals surface area contributed by atoms with E-state index in [0.29, 0.717) is 6.04 Å². The number of hydrogen-bond donors (Lipinski definition) is 1. The Labute approximate surface area is 103 Å². The van der Waals surface area contributed by atoms with Crippen LogP contribution in [0.25, 0.3) is 0 Å². The maximum Gasteiger partial charge on any atom is 0.247 e. The first-order chi connectivity index (χ1) is 8.07. The topological polar surface area (TPSA) is 71.0 Å². The van der Waals surface area contributed by atoms with Gasteiger partial charge in [0, 0.05) is 18.8 Å². The van der Waals surface area contributed by atoms with E-state index in [0.717, 1.165) is 19.4 Å². The molecule has 2 N–H and O–H groups in total. The van der Waals surface area contributed by atoms with Crippen molar-refractivity contribution in [1.29, 1.82) is 0 Å². The van der Waals surface area contributed by atoms with Crippen molar-refractivity contribution in [1.82, 2.24) is 4.90 Å². The van der Waals surface area contributed by atoms with E-state index in [-0.39, 0.29) is 17.9 Å². The summed E-state index contributed by atoms with van der Waals surface area (Å²) in [5.41, 5.74) is 0. The van der Waals surface area contributed by atoms with Gasteiger partial charge in [0.2, 0.25) is 5.91 Å². The predicted octanol–water partition coefficient (Wildman–Crippen LogP) is 1.04. The standard InChI is InChI=1S/C12H22N4O/c1-9(2)11(14-6-7-15-13)12(17)16-8-4-5-10(16)3/h6-7,9-11H,4-5,8,13H2,1-3H3/b14-6?,15-7-. The van der Waals surface area contributed by atoms with Crippen LogP contribution in [0.1, 0.15) is 33.6 Å². The summed E-state index contributed by atoms with van der Waals surface area (Å²) in [5.74, 6) is 5.29. The summed E-state index contributed by atoms with van der Waals surface area (Å²) in [7, 11) is 0. The van der Waals surface area contributed by atoms with Gasteiger partial charge in [-0.25, -0.2) is 0 Å². The lowest BCUT2D eigenvalue weighted by Crippen LogP contribution is -2.42. The molecular weight excluding hydrogens is 216 g/mol. The summed E-state index contributed by atoms with van der Waals surface area (Å²) in [6, 6.07) is 0.00988. The van der Waals surface area contributed by atoms with Gasteiger partial charge in [-0.15, -0.1) is 0 Å². The maximum atomic E-state index is 12.3. The van der Waals surface area contributed by atoms with Crippen LogP contribution in [0.3, 0.4) is 0 Å². The minimum atomic E-state index is -0.325. The number of likely N-dealkylation sites (tertiary alicyclic amines) is 1. The lowest BCUT2D eigenvalue weighted by Gasteiger charge is -2.26. The SMILES string of the molecule is CC(C)C(N=C/C=N\N)C(=O)N1CCCC1C. The number of amides is 1. The Morgan fingerprint density at radius 3 is 2.65 bits per heavy atom. The molecular formula is C12H22N4O. The second-order valence-electron chi connectivity index (χ2n) is 4.81. The normalized spacial score (nSPS) is 23.1. The van der Waals surface area contributed by atoms with E-state index in [1.54, 1.807) is 0 Å². The zero-order valence-corrected chi connectivity index (χ0v) is 10.8. The third-order valence-corrected chi connectivity index (χ3v) is 3.12. The van der Waals surface area contributed by atoms with Gasteiger partial charge in [-0.05, 0) is 25.7 Å². The molecule has 0 bridgehead atoms. The highest BCUT2D eigenvalue weighted by Crippen LogP contribution is 2.20. The van der Waals surface area contributed by atoms with Gasteiger partial charge in [0.25, 0.3) is 0 Å². The summed E-state index contributed by atoms with van der Waals surface area (Å²) < 4.78 is 0. The van der Waals surface area contributed by atoms with E-state index in [9.17, 15) is 4.79 Å². The molecule has 0 spiro atoms. The van der Waals surface area contributed by atoms with Crippen LogP contribution in [0, 0.1) is 5.92 Å². The number of aliphatic imine (C=N–C) groups is 1. The average molecular weight is 238 g/mol. The van der Waals surface area contributed by atoms with Crippen molar-refractivity contribution in [3.05, 3.63) is 0 Å². The van der Waals surface area contributed by atoms with E-state index < -0.39 is 0 Å². The fourth-order valence-corrected chi connectivity index (χ4v) is 2.12. The fourth-order valence-electron chi connectivity index (χ4n) is 2.12.